The van der Waals surface area contributed by atoms with Gasteiger partial charge in [0.15, 0.2) is 0 Å². The van der Waals surface area contributed by atoms with Gasteiger partial charge in [-0.25, -0.2) is 0 Å². The van der Waals surface area contributed by atoms with Crippen LogP contribution in [0.4, 0.5) is 13.2 Å². The van der Waals surface area contributed by atoms with Crippen molar-refractivity contribution >= 4 is 11.8 Å². The molecule has 0 radical (unpaired) electrons. The van der Waals surface area contributed by atoms with E-state index < -0.39 is 5.51 Å². The topological polar surface area (TPSA) is 12.0 Å². The van der Waals surface area contributed by atoms with Crippen LogP contribution in [0, 0.1) is 5.92 Å². The maximum absolute atomic E-state index is 11.8. The molecule has 1 N–H and O–H groups in total. The third-order valence-corrected chi connectivity index (χ3v) is 2.82. The maximum Gasteiger partial charge on any atom is 0.441 e. The summed E-state index contributed by atoms with van der Waals surface area (Å²) in [5.41, 5.74) is -4.07. The summed E-state index contributed by atoms with van der Waals surface area (Å²) in [6.45, 7) is 5.71. The van der Waals surface area contributed by atoms with Crippen molar-refractivity contribution in [2.24, 2.45) is 5.92 Å². The van der Waals surface area contributed by atoms with Crippen molar-refractivity contribution in [1.82, 2.24) is 5.32 Å². The van der Waals surface area contributed by atoms with Crippen molar-refractivity contribution in [3.05, 3.63) is 0 Å². The summed E-state index contributed by atoms with van der Waals surface area (Å²) in [5, 5.41) is 3.16. The molecular weight excluding hydrogens is 211 g/mol. The smallest absolute Gasteiger partial charge is 0.317 e. The minimum absolute atomic E-state index is 0.0829. The van der Waals surface area contributed by atoms with Gasteiger partial charge in [-0.2, -0.15) is 13.2 Å². The Morgan fingerprint density at radius 1 is 1.29 bits per heavy atom. The Hall–Kier alpha value is 0.100. The Bertz CT molecular complexity index is 139. The third-order valence-electron chi connectivity index (χ3n) is 2.05. The molecule has 0 saturated heterocycles. The van der Waals surface area contributed by atoms with E-state index >= 15 is 0 Å². The molecule has 0 aromatic heterocycles. The maximum atomic E-state index is 11.8. The van der Waals surface area contributed by atoms with Crippen LogP contribution >= 0.6 is 11.8 Å². The van der Waals surface area contributed by atoms with Gasteiger partial charge in [0.25, 0.3) is 0 Å². The van der Waals surface area contributed by atoms with Crippen LogP contribution < -0.4 is 5.32 Å². The predicted octanol–water partition coefficient (Wildman–Crippen LogP) is 3.27. The van der Waals surface area contributed by atoms with Crippen molar-refractivity contribution in [3.63, 3.8) is 0 Å². The van der Waals surface area contributed by atoms with E-state index in [1.54, 1.807) is 0 Å². The molecule has 0 aliphatic rings. The molecule has 86 valence electrons. The first-order chi connectivity index (χ1) is 6.49. The molecule has 5 heteroatoms. The van der Waals surface area contributed by atoms with Gasteiger partial charge >= 0.3 is 5.51 Å². The summed E-state index contributed by atoms with van der Waals surface area (Å²) in [7, 11) is 0. The van der Waals surface area contributed by atoms with E-state index in [4.69, 9.17) is 0 Å². The number of halogens is 3. The molecular formula is C9H18F3NS. The lowest BCUT2D eigenvalue weighted by molar-refractivity contribution is -0.0328. The van der Waals surface area contributed by atoms with Crippen molar-refractivity contribution in [2.45, 2.75) is 32.2 Å². The van der Waals surface area contributed by atoms with Gasteiger partial charge in [-0.3, -0.25) is 0 Å². The minimum Gasteiger partial charge on any atom is -0.317 e. The zero-order valence-corrected chi connectivity index (χ0v) is 9.47. The number of alkyl halides is 3. The van der Waals surface area contributed by atoms with Gasteiger partial charge in [-0.05, 0) is 25.4 Å². The lowest BCUT2D eigenvalue weighted by Crippen LogP contribution is -2.22. The Labute approximate surface area is 87.8 Å². The Balaban J connectivity index is 3.52. The molecule has 0 fully saturated rings. The lowest BCUT2D eigenvalue weighted by atomic mass is 10.0. The van der Waals surface area contributed by atoms with Gasteiger partial charge in [0, 0.05) is 5.75 Å². The van der Waals surface area contributed by atoms with E-state index in [-0.39, 0.29) is 17.5 Å². The summed E-state index contributed by atoms with van der Waals surface area (Å²) in [6, 6.07) is 0. The Morgan fingerprint density at radius 2 is 1.93 bits per heavy atom. The molecule has 1 nitrogen and oxygen atoms in total. The average molecular weight is 229 g/mol. The number of thioether (sulfide) groups is 1. The van der Waals surface area contributed by atoms with Crippen LogP contribution in [0.3, 0.4) is 0 Å². The quantitative estimate of drug-likeness (QED) is 0.719. The van der Waals surface area contributed by atoms with Crippen LogP contribution in [-0.2, 0) is 0 Å². The second-order valence-corrected chi connectivity index (χ2v) is 4.32. The van der Waals surface area contributed by atoms with E-state index in [9.17, 15) is 13.2 Å². The molecule has 0 amide bonds. The molecule has 0 aromatic carbocycles. The summed E-state index contributed by atoms with van der Waals surface area (Å²) in [4.78, 5) is 0. The highest BCUT2D eigenvalue weighted by atomic mass is 32.2. The number of nitrogens with one attached hydrogen (secondary N) is 1. The lowest BCUT2D eigenvalue weighted by Gasteiger charge is -2.15. The first kappa shape index (κ1) is 14.1. The first-order valence-corrected chi connectivity index (χ1v) is 5.89. The first-order valence-electron chi connectivity index (χ1n) is 4.91. The molecule has 0 spiro atoms. The second kappa shape index (κ2) is 7.40. The molecule has 14 heavy (non-hydrogen) atoms. The Morgan fingerprint density at radius 3 is 2.36 bits per heavy atom. The standard InChI is InChI=1S/C9H18F3NS/c1-3-8(7-13-4-2)5-6-14-9(10,11)12/h8,13H,3-7H2,1-2H3. The molecule has 0 saturated carbocycles. The van der Waals surface area contributed by atoms with Crippen LogP contribution in [0.1, 0.15) is 26.7 Å². The van der Waals surface area contributed by atoms with Crippen molar-refractivity contribution in [2.75, 3.05) is 18.8 Å². The molecule has 0 heterocycles. The largest absolute Gasteiger partial charge is 0.441 e. The van der Waals surface area contributed by atoms with Crippen LogP contribution in [-0.4, -0.2) is 24.4 Å². The average Bonchev–Trinajstić information content (AvgIpc) is 2.09. The highest BCUT2D eigenvalue weighted by Gasteiger charge is 2.27. The number of hydrogen-bond acceptors (Lipinski definition) is 2. The molecule has 0 aliphatic heterocycles. The minimum atomic E-state index is -4.07. The van der Waals surface area contributed by atoms with E-state index in [1.165, 1.54) is 0 Å². The normalized spacial score (nSPS) is 14.4. The fraction of sp³-hybridized carbons (Fsp3) is 1.00. The molecule has 0 aromatic rings. The fourth-order valence-electron chi connectivity index (χ4n) is 1.14. The third kappa shape index (κ3) is 8.69. The van der Waals surface area contributed by atoms with E-state index in [0.29, 0.717) is 12.3 Å². The monoisotopic (exact) mass is 229 g/mol. The molecule has 1 atom stereocenters. The van der Waals surface area contributed by atoms with E-state index in [0.717, 1.165) is 19.5 Å². The zero-order valence-electron chi connectivity index (χ0n) is 8.66. The molecule has 0 bridgehead atoms. The highest BCUT2D eigenvalue weighted by Crippen LogP contribution is 2.31. The van der Waals surface area contributed by atoms with Crippen LogP contribution in [0.25, 0.3) is 0 Å². The Kier molecular flexibility index (Phi) is 7.45. The second-order valence-electron chi connectivity index (χ2n) is 3.16. The van der Waals surface area contributed by atoms with Gasteiger partial charge in [0.1, 0.15) is 0 Å². The van der Waals surface area contributed by atoms with Crippen molar-refractivity contribution < 1.29 is 13.2 Å². The van der Waals surface area contributed by atoms with Gasteiger partial charge in [0.05, 0.1) is 0 Å². The number of hydrogen-bond donors (Lipinski definition) is 1. The highest BCUT2D eigenvalue weighted by molar-refractivity contribution is 8.00. The van der Waals surface area contributed by atoms with Crippen molar-refractivity contribution in [3.8, 4) is 0 Å². The summed E-state index contributed by atoms with van der Waals surface area (Å²) in [5.74, 6) is 0.540. The fourth-order valence-corrected chi connectivity index (χ4v) is 1.82. The summed E-state index contributed by atoms with van der Waals surface area (Å²) < 4.78 is 35.4. The molecule has 0 rings (SSSR count). The van der Waals surface area contributed by atoms with Crippen LogP contribution in [0.5, 0.6) is 0 Å². The van der Waals surface area contributed by atoms with Gasteiger partial charge in [-0.1, -0.05) is 32.0 Å². The van der Waals surface area contributed by atoms with Gasteiger partial charge in [-0.15, -0.1) is 0 Å². The molecule has 0 aliphatic carbocycles. The SMILES string of the molecule is CCNCC(CC)CCSC(F)(F)F. The number of rotatable bonds is 7. The van der Waals surface area contributed by atoms with Crippen LogP contribution in [0.2, 0.25) is 0 Å². The van der Waals surface area contributed by atoms with Crippen molar-refractivity contribution in [1.29, 1.82) is 0 Å². The zero-order chi connectivity index (χ0) is 11.0. The summed E-state index contributed by atoms with van der Waals surface area (Å²) in [6.07, 6.45) is 1.57. The van der Waals surface area contributed by atoms with Gasteiger partial charge < -0.3 is 5.32 Å². The van der Waals surface area contributed by atoms with E-state index in [1.807, 2.05) is 13.8 Å². The predicted molar refractivity (Wildman–Crippen MR) is 55.5 cm³/mol. The van der Waals surface area contributed by atoms with Gasteiger partial charge in [0.2, 0.25) is 0 Å². The molecule has 1 unspecified atom stereocenters. The van der Waals surface area contributed by atoms with E-state index in [2.05, 4.69) is 5.32 Å². The summed E-state index contributed by atoms with van der Waals surface area (Å²) >= 11 is 0.0829. The van der Waals surface area contributed by atoms with Crippen LogP contribution in [0.15, 0.2) is 0 Å².